The molecule has 1 N–H and O–H groups in total. The summed E-state index contributed by atoms with van der Waals surface area (Å²) in [4.78, 5) is 10.6. The minimum absolute atomic E-state index is 0.117. The predicted octanol–water partition coefficient (Wildman–Crippen LogP) is 0.253. The lowest BCUT2D eigenvalue weighted by molar-refractivity contribution is -0.136. The van der Waals surface area contributed by atoms with Gasteiger partial charge in [-0.1, -0.05) is 0 Å². The maximum atomic E-state index is 10.6. The largest absolute Gasteiger partial charge is 0.465 e. The highest BCUT2D eigenvalue weighted by atomic mass is 16.5. The van der Waals surface area contributed by atoms with Crippen molar-refractivity contribution < 1.29 is 14.6 Å². The molecule has 56 valence electrons. The van der Waals surface area contributed by atoms with E-state index >= 15 is 0 Å². The number of methoxy groups -OCH3 is 1. The van der Waals surface area contributed by atoms with Crippen molar-refractivity contribution in [2.45, 2.75) is 6.92 Å². The number of aliphatic hydroxyl groups is 1. The number of rotatable bonds is 2. The van der Waals surface area contributed by atoms with Gasteiger partial charge in [-0.3, -0.25) is 0 Å². The van der Waals surface area contributed by atoms with Crippen LogP contribution in [0.3, 0.4) is 0 Å². The Morgan fingerprint density at radius 1 is 1.80 bits per heavy atom. The molecule has 10 heavy (non-hydrogen) atoms. The molecule has 3 heteroatoms. The van der Waals surface area contributed by atoms with Crippen molar-refractivity contribution in [2.24, 2.45) is 0 Å². The SMILES string of the molecule is COC(=O)C(C)=C=CCO. The lowest BCUT2D eigenvalue weighted by Crippen LogP contribution is -1.99. The van der Waals surface area contributed by atoms with E-state index in [1.165, 1.54) is 13.2 Å². The summed E-state index contributed by atoms with van der Waals surface area (Å²) in [5, 5.41) is 8.29. The molecule has 0 aromatic heterocycles. The van der Waals surface area contributed by atoms with Gasteiger partial charge in [0.05, 0.1) is 19.3 Å². The topological polar surface area (TPSA) is 46.5 Å². The minimum Gasteiger partial charge on any atom is -0.465 e. The molecule has 0 aromatic rings. The van der Waals surface area contributed by atoms with Gasteiger partial charge in [0, 0.05) is 0 Å². The fourth-order valence-electron chi connectivity index (χ4n) is 0.411. The second-order valence-corrected chi connectivity index (χ2v) is 1.65. The zero-order valence-electron chi connectivity index (χ0n) is 6.05. The molecule has 0 unspecified atom stereocenters. The van der Waals surface area contributed by atoms with Gasteiger partial charge >= 0.3 is 5.97 Å². The Hall–Kier alpha value is -1.05. The molecule has 0 bridgehead atoms. The van der Waals surface area contributed by atoms with E-state index < -0.39 is 5.97 Å². The average molecular weight is 142 g/mol. The lowest BCUT2D eigenvalue weighted by atomic mass is 10.3. The molecule has 3 nitrogen and oxygen atoms in total. The molecule has 0 aliphatic rings. The van der Waals surface area contributed by atoms with Crippen molar-refractivity contribution in [3.05, 3.63) is 17.4 Å². The van der Waals surface area contributed by atoms with Crippen LogP contribution < -0.4 is 0 Å². The van der Waals surface area contributed by atoms with Crippen LogP contribution in [-0.4, -0.2) is 24.8 Å². The van der Waals surface area contributed by atoms with Gasteiger partial charge in [0.1, 0.15) is 0 Å². The summed E-state index contributed by atoms with van der Waals surface area (Å²) in [7, 11) is 1.30. The number of carbonyl (C=O) groups is 1. The zero-order chi connectivity index (χ0) is 7.98. The summed E-state index contributed by atoms with van der Waals surface area (Å²) >= 11 is 0. The van der Waals surface area contributed by atoms with Gasteiger partial charge < -0.3 is 9.84 Å². The van der Waals surface area contributed by atoms with Crippen LogP contribution in [-0.2, 0) is 9.53 Å². The van der Waals surface area contributed by atoms with Crippen LogP contribution in [0, 0.1) is 0 Å². The van der Waals surface area contributed by atoms with Crippen LogP contribution in [0.25, 0.3) is 0 Å². The van der Waals surface area contributed by atoms with Gasteiger partial charge in [-0.15, -0.1) is 5.73 Å². The van der Waals surface area contributed by atoms with E-state index in [2.05, 4.69) is 10.5 Å². The molecule has 0 atom stereocenters. The van der Waals surface area contributed by atoms with E-state index in [0.29, 0.717) is 5.57 Å². The van der Waals surface area contributed by atoms with Crippen LogP contribution in [0.5, 0.6) is 0 Å². The van der Waals surface area contributed by atoms with Crippen LogP contribution in [0.15, 0.2) is 17.4 Å². The summed E-state index contributed by atoms with van der Waals surface area (Å²) in [6.45, 7) is 1.45. The summed E-state index contributed by atoms with van der Waals surface area (Å²) in [6, 6.07) is 0. The molecule has 0 saturated carbocycles. The highest BCUT2D eigenvalue weighted by Gasteiger charge is 1.99. The number of ether oxygens (including phenoxy) is 1. The monoisotopic (exact) mass is 142 g/mol. The van der Waals surface area contributed by atoms with Crippen molar-refractivity contribution in [2.75, 3.05) is 13.7 Å². The van der Waals surface area contributed by atoms with E-state index in [9.17, 15) is 4.79 Å². The van der Waals surface area contributed by atoms with Crippen molar-refractivity contribution in [3.63, 3.8) is 0 Å². The number of hydrogen-bond acceptors (Lipinski definition) is 3. The second kappa shape index (κ2) is 4.79. The first kappa shape index (κ1) is 8.95. The van der Waals surface area contributed by atoms with Crippen LogP contribution in [0.2, 0.25) is 0 Å². The molecule has 0 aromatic carbocycles. The van der Waals surface area contributed by atoms with E-state index in [1.807, 2.05) is 0 Å². The third-order valence-electron chi connectivity index (χ3n) is 0.901. The Morgan fingerprint density at radius 3 is 2.80 bits per heavy atom. The molecular weight excluding hydrogens is 132 g/mol. The van der Waals surface area contributed by atoms with Crippen LogP contribution in [0.4, 0.5) is 0 Å². The average Bonchev–Trinajstić information content (AvgIpc) is 1.98. The van der Waals surface area contributed by atoms with Gasteiger partial charge in [-0.05, 0) is 13.0 Å². The number of carbonyl (C=O) groups excluding carboxylic acids is 1. The number of hydrogen-bond donors (Lipinski definition) is 1. The Morgan fingerprint density at radius 2 is 2.40 bits per heavy atom. The fraction of sp³-hybridized carbons (Fsp3) is 0.429. The van der Waals surface area contributed by atoms with Crippen molar-refractivity contribution in [1.29, 1.82) is 0 Å². The molecule has 0 aliphatic carbocycles. The first-order valence-electron chi connectivity index (χ1n) is 2.83. The Bertz CT molecular complexity index is 175. The van der Waals surface area contributed by atoms with Crippen molar-refractivity contribution in [1.82, 2.24) is 0 Å². The van der Waals surface area contributed by atoms with E-state index in [4.69, 9.17) is 5.11 Å². The zero-order valence-corrected chi connectivity index (χ0v) is 6.05. The molecule has 0 radical (unpaired) electrons. The highest BCUT2D eigenvalue weighted by molar-refractivity contribution is 5.87. The van der Waals surface area contributed by atoms with Gasteiger partial charge in [0.2, 0.25) is 0 Å². The number of aliphatic hydroxyl groups excluding tert-OH is 1. The maximum absolute atomic E-state index is 10.6. The Balaban J connectivity index is 4.19. The van der Waals surface area contributed by atoms with E-state index in [-0.39, 0.29) is 6.61 Å². The molecule has 0 heterocycles. The summed E-state index contributed by atoms with van der Waals surface area (Å²) < 4.78 is 4.37. The Labute approximate surface area is 59.6 Å². The van der Waals surface area contributed by atoms with Gasteiger partial charge in [-0.25, -0.2) is 4.79 Å². The van der Waals surface area contributed by atoms with E-state index in [0.717, 1.165) is 0 Å². The third-order valence-corrected chi connectivity index (χ3v) is 0.901. The molecule has 0 rings (SSSR count). The van der Waals surface area contributed by atoms with Gasteiger partial charge in [0.25, 0.3) is 0 Å². The lowest BCUT2D eigenvalue weighted by Gasteiger charge is -1.92. The first-order valence-corrected chi connectivity index (χ1v) is 2.83. The van der Waals surface area contributed by atoms with Gasteiger partial charge in [-0.2, -0.15) is 0 Å². The smallest absolute Gasteiger partial charge is 0.341 e. The van der Waals surface area contributed by atoms with Crippen LogP contribution >= 0.6 is 0 Å². The number of esters is 1. The molecular formula is C7H10O3. The van der Waals surface area contributed by atoms with Gasteiger partial charge in [0.15, 0.2) is 0 Å². The second-order valence-electron chi connectivity index (χ2n) is 1.65. The van der Waals surface area contributed by atoms with Crippen LogP contribution in [0.1, 0.15) is 6.92 Å². The summed E-state index contributed by atoms with van der Waals surface area (Å²) in [5.41, 5.74) is 2.91. The maximum Gasteiger partial charge on any atom is 0.341 e. The summed E-state index contributed by atoms with van der Waals surface area (Å²) in [6.07, 6.45) is 1.35. The fourth-order valence-corrected chi connectivity index (χ4v) is 0.411. The summed E-state index contributed by atoms with van der Waals surface area (Å²) in [5.74, 6) is -0.426. The standard InChI is InChI=1S/C7H10O3/c1-6(4-3-5-8)7(9)10-2/h3,8H,5H2,1-2H3. The molecule has 0 saturated heterocycles. The normalized spacial score (nSPS) is 7.90. The minimum atomic E-state index is -0.426. The van der Waals surface area contributed by atoms with Crippen molar-refractivity contribution in [3.8, 4) is 0 Å². The molecule has 0 aliphatic heterocycles. The molecule has 0 fully saturated rings. The molecule has 0 amide bonds. The van der Waals surface area contributed by atoms with Crippen molar-refractivity contribution >= 4 is 5.97 Å². The first-order chi connectivity index (χ1) is 4.72. The van der Waals surface area contributed by atoms with E-state index in [1.54, 1.807) is 6.92 Å². The highest BCUT2D eigenvalue weighted by Crippen LogP contribution is 1.90. The Kier molecular flexibility index (Phi) is 4.29. The third kappa shape index (κ3) is 3.07. The molecule has 0 spiro atoms. The quantitative estimate of drug-likeness (QED) is 0.341. The predicted molar refractivity (Wildman–Crippen MR) is 36.4 cm³/mol.